The number of nitrogens with zero attached hydrogens (tertiary/aromatic N) is 2. The number of nitro groups is 2. The molecule has 1 aromatic rings. The summed E-state index contributed by atoms with van der Waals surface area (Å²) < 4.78 is 0. The molecule has 0 bridgehead atoms. The van der Waals surface area contributed by atoms with E-state index in [2.05, 4.69) is 0 Å². The van der Waals surface area contributed by atoms with Crippen LogP contribution in [-0.4, -0.2) is 15.6 Å². The van der Waals surface area contributed by atoms with E-state index in [4.69, 9.17) is 0 Å². The molecule has 0 N–H and O–H groups in total. The SMILES string of the molecule is O=C1C([N+](=O)[O-])=CC([N+](=O)[O-])c2ccccc21. The fraction of sp³-hybridized carbons (Fsp3) is 0.100. The zero-order valence-corrected chi connectivity index (χ0v) is 8.40. The van der Waals surface area contributed by atoms with Crippen molar-refractivity contribution in [3.8, 4) is 0 Å². The number of allylic oxidation sites excluding steroid dienone is 1. The van der Waals surface area contributed by atoms with E-state index in [1.807, 2.05) is 0 Å². The monoisotopic (exact) mass is 234 g/mol. The van der Waals surface area contributed by atoms with Crippen molar-refractivity contribution >= 4 is 5.78 Å². The summed E-state index contributed by atoms with van der Waals surface area (Å²) in [7, 11) is 0. The van der Waals surface area contributed by atoms with E-state index in [9.17, 15) is 25.0 Å². The number of carbonyl (C=O) groups excluding carboxylic acids is 1. The van der Waals surface area contributed by atoms with Crippen LogP contribution in [0.1, 0.15) is 22.0 Å². The molecule has 1 unspecified atom stereocenters. The number of rotatable bonds is 2. The van der Waals surface area contributed by atoms with Crippen molar-refractivity contribution < 1.29 is 14.6 Å². The molecule has 1 aromatic carbocycles. The highest BCUT2D eigenvalue weighted by Gasteiger charge is 2.38. The van der Waals surface area contributed by atoms with Crippen LogP contribution in [0.5, 0.6) is 0 Å². The summed E-state index contributed by atoms with van der Waals surface area (Å²) in [5, 5.41) is 21.5. The van der Waals surface area contributed by atoms with Crippen LogP contribution in [0.4, 0.5) is 0 Å². The highest BCUT2D eigenvalue weighted by molar-refractivity contribution is 6.09. The van der Waals surface area contributed by atoms with E-state index in [1.165, 1.54) is 18.2 Å². The van der Waals surface area contributed by atoms with E-state index in [0.717, 1.165) is 6.08 Å². The molecule has 0 spiro atoms. The number of fused-ring (bicyclic) bond motifs is 1. The van der Waals surface area contributed by atoms with Gasteiger partial charge < -0.3 is 0 Å². The van der Waals surface area contributed by atoms with Gasteiger partial charge in [0, 0.05) is 16.1 Å². The van der Waals surface area contributed by atoms with Crippen molar-refractivity contribution in [3.63, 3.8) is 0 Å². The largest absolute Gasteiger partial charge is 0.320 e. The van der Waals surface area contributed by atoms with E-state index in [-0.39, 0.29) is 11.1 Å². The van der Waals surface area contributed by atoms with Crippen LogP contribution < -0.4 is 0 Å². The number of hydrogen-bond donors (Lipinski definition) is 0. The van der Waals surface area contributed by atoms with Crippen LogP contribution >= 0.6 is 0 Å². The van der Waals surface area contributed by atoms with Crippen LogP contribution in [0.25, 0.3) is 0 Å². The lowest BCUT2D eigenvalue weighted by molar-refractivity contribution is -0.518. The first-order valence-corrected chi connectivity index (χ1v) is 4.65. The maximum Gasteiger partial charge on any atom is 0.320 e. The van der Waals surface area contributed by atoms with Gasteiger partial charge in [-0.15, -0.1) is 0 Å². The Bertz CT molecular complexity index is 564. The molecular weight excluding hydrogens is 228 g/mol. The highest BCUT2D eigenvalue weighted by Crippen LogP contribution is 2.30. The molecule has 7 heteroatoms. The highest BCUT2D eigenvalue weighted by atomic mass is 16.6. The lowest BCUT2D eigenvalue weighted by Gasteiger charge is -2.13. The molecule has 17 heavy (non-hydrogen) atoms. The van der Waals surface area contributed by atoms with Crippen molar-refractivity contribution in [3.05, 3.63) is 67.4 Å². The first kappa shape index (κ1) is 10.9. The number of benzene rings is 1. The Balaban J connectivity index is 2.64. The minimum Gasteiger partial charge on any atom is -0.282 e. The van der Waals surface area contributed by atoms with Gasteiger partial charge in [-0.25, -0.2) is 0 Å². The second-order valence-electron chi connectivity index (χ2n) is 3.46. The topological polar surface area (TPSA) is 103 Å². The summed E-state index contributed by atoms with van der Waals surface area (Å²) in [4.78, 5) is 31.6. The van der Waals surface area contributed by atoms with Gasteiger partial charge in [0.15, 0.2) is 0 Å². The minimum absolute atomic E-state index is 0.0170. The average Bonchev–Trinajstić information content (AvgIpc) is 2.29. The van der Waals surface area contributed by atoms with E-state index in [1.54, 1.807) is 6.07 Å². The standard InChI is InChI=1S/C10H6N2O5/c13-10-7-4-2-1-3-6(7)8(11(14)15)5-9(10)12(16)17/h1-5,8H. The Hall–Kier alpha value is -2.57. The van der Waals surface area contributed by atoms with E-state index >= 15 is 0 Å². The molecule has 0 saturated heterocycles. The van der Waals surface area contributed by atoms with Crippen LogP contribution in [0.15, 0.2) is 36.0 Å². The minimum atomic E-state index is -1.34. The van der Waals surface area contributed by atoms with Crippen LogP contribution in [-0.2, 0) is 0 Å². The Morgan fingerprint density at radius 1 is 1.12 bits per heavy atom. The molecule has 0 saturated carbocycles. The van der Waals surface area contributed by atoms with E-state index in [0.29, 0.717) is 0 Å². The van der Waals surface area contributed by atoms with Gasteiger partial charge in [0.2, 0.25) is 0 Å². The first-order valence-electron chi connectivity index (χ1n) is 4.65. The summed E-state index contributed by atoms with van der Waals surface area (Å²) in [6.45, 7) is 0. The fourth-order valence-electron chi connectivity index (χ4n) is 1.73. The molecule has 0 radical (unpaired) electrons. The van der Waals surface area contributed by atoms with Gasteiger partial charge in [0.25, 0.3) is 11.8 Å². The van der Waals surface area contributed by atoms with Gasteiger partial charge in [-0.1, -0.05) is 24.3 Å². The number of hydrogen-bond acceptors (Lipinski definition) is 5. The summed E-state index contributed by atoms with van der Waals surface area (Å²) in [6, 6.07) is 4.49. The van der Waals surface area contributed by atoms with Gasteiger partial charge in [0.1, 0.15) is 0 Å². The maximum atomic E-state index is 11.7. The predicted octanol–water partition coefficient (Wildman–Crippen LogP) is 1.36. The quantitative estimate of drug-likeness (QED) is 0.567. The summed E-state index contributed by atoms with van der Waals surface area (Å²) in [6.07, 6.45) is 0.782. The van der Waals surface area contributed by atoms with Gasteiger partial charge in [-0.2, -0.15) is 0 Å². The first-order chi connectivity index (χ1) is 8.02. The second kappa shape index (κ2) is 3.78. The molecule has 0 heterocycles. The molecule has 2 rings (SSSR count). The normalized spacial score (nSPS) is 18.2. The van der Waals surface area contributed by atoms with Crippen molar-refractivity contribution in [2.45, 2.75) is 6.04 Å². The van der Waals surface area contributed by atoms with Crippen molar-refractivity contribution in [2.24, 2.45) is 0 Å². The molecule has 1 aliphatic rings. The Kier molecular flexibility index (Phi) is 2.43. The Morgan fingerprint density at radius 3 is 2.35 bits per heavy atom. The fourth-order valence-corrected chi connectivity index (χ4v) is 1.73. The number of ketones is 1. The Labute approximate surface area is 94.7 Å². The molecule has 0 fully saturated rings. The van der Waals surface area contributed by atoms with Gasteiger partial charge in [-0.05, 0) is 0 Å². The smallest absolute Gasteiger partial charge is 0.282 e. The van der Waals surface area contributed by atoms with E-state index < -0.39 is 27.4 Å². The summed E-state index contributed by atoms with van der Waals surface area (Å²) in [5.74, 6) is -0.788. The molecule has 1 atom stereocenters. The van der Waals surface area contributed by atoms with Crippen molar-refractivity contribution in [1.82, 2.24) is 0 Å². The van der Waals surface area contributed by atoms with Crippen LogP contribution in [0, 0.1) is 20.2 Å². The molecule has 7 nitrogen and oxygen atoms in total. The lowest BCUT2D eigenvalue weighted by atomic mass is 9.90. The van der Waals surface area contributed by atoms with Gasteiger partial charge in [0.05, 0.1) is 11.0 Å². The number of Topliss-reactive ketones (excluding diaryl/α,β-unsaturated/α-hetero) is 1. The molecule has 0 aliphatic heterocycles. The molecule has 1 aliphatic carbocycles. The zero-order chi connectivity index (χ0) is 12.6. The lowest BCUT2D eigenvalue weighted by Crippen LogP contribution is -2.23. The third kappa shape index (κ3) is 1.67. The molecule has 86 valence electrons. The summed E-state index contributed by atoms with van der Waals surface area (Å²) >= 11 is 0. The molecule has 0 aromatic heterocycles. The maximum absolute atomic E-state index is 11.7. The molecular formula is C10H6N2O5. The van der Waals surface area contributed by atoms with Gasteiger partial charge >= 0.3 is 5.70 Å². The predicted molar refractivity (Wildman–Crippen MR) is 55.6 cm³/mol. The van der Waals surface area contributed by atoms with Gasteiger partial charge in [-0.3, -0.25) is 25.0 Å². The van der Waals surface area contributed by atoms with Crippen molar-refractivity contribution in [1.29, 1.82) is 0 Å². The summed E-state index contributed by atoms with van der Waals surface area (Å²) in [5.41, 5.74) is -0.540. The third-order valence-electron chi connectivity index (χ3n) is 2.50. The van der Waals surface area contributed by atoms with Crippen molar-refractivity contribution in [2.75, 3.05) is 0 Å². The molecule has 0 amide bonds. The zero-order valence-electron chi connectivity index (χ0n) is 8.40. The van der Waals surface area contributed by atoms with Crippen LogP contribution in [0.3, 0.4) is 0 Å². The average molecular weight is 234 g/mol. The third-order valence-corrected chi connectivity index (χ3v) is 2.50. The second-order valence-corrected chi connectivity index (χ2v) is 3.46. The Morgan fingerprint density at radius 2 is 1.76 bits per heavy atom. The van der Waals surface area contributed by atoms with Crippen LogP contribution in [0.2, 0.25) is 0 Å². The number of carbonyl (C=O) groups is 1.